The fraction of sp³-hybridized carbons (Fsp3) is 0.600. The number of hydrogen-bond acceptors (Lipinski definition) is 6. The lowest BCUT2D eigenvalue weighted by molar-refractivity contribution is -0.138. The minimum absolute atomic E-state index is 0.106. The average Bonchev–Trinajstić information content (AvgIpc) is 3.17. The van der Waals surface area contributed by atoms with Crippen molar-refractivity contribution in [3.8, 4) is 0 Å². The number of anilines is 1. The molecule has 0 bridgehead atoms. The van der Waals surface area contributed by atoms with Crippen molar-refractivity contribution in [3.63, 3.8) is 0 Å². The number of alkyl halides is 3. The molecule has 3 N–H and O–H groups in total. The maximum Gasteiger partial charge on any atom is 0.445 e. The van der Waals surface area contributed by atoms with Gasteiger partial charge < -0.3 is 10.6 Å². The first-order valence-electron chi connectivity index (χ1n) is 8.25. The zero-order valence-electron chi connectivity index (χ0n) is 13.7. The smallest absolute Gasteiger partial charge is 0.349 e. The van der Waals surface area contributed by atoms with Gasteiger partial charge in [-0.05, 0) is 25.3 Å². The number of carbonyl (C=O) groups is 2. The van der Waals surface area contributed by atoms with E-state index >= 15 is 0 Å². The van der Waals surface area contributed by atoms with E-state index < -0.39 is 17.1 Å². The number of amides is 2. The molecule has 142 valence electrons. The normalized spacial score (nSPS) is 21.3. The van der Waals surface area contributed by atoms with E-state index in [1.165, 1.54) is 6.08 Å². The van der Waals surface area contributed by atoms with Crippen LogP contribution in [-0.4, -0.2) is 40.6 Å². The van der Waals surface area contributed by atoms with Gasteiger partial charge in [0.2, 0.25) is 22.0 Å². The van der Waals surface area contributed by atoms with Gasteiger partial charge in [0, 0.05) is 12.1 Å². The second-order valence-corrected chi connectivity index (χ2v) is 7.33. The van der Waals surface area contributed by atoms with Gasteiger partial charge in [0.15, 0.2) is 0 Å². The Morgan fingerprint density at radius 2 is 2.04 bits per heavy atom. The Hall–Kier alpha value is -2.01. The highest BCUT2D eigenvalue weighted by molar-refractivity contribution is 7.15. The maximum absolute atomic E-state index is 12.5. The van der Waals surface area contributed by atoms with Gasteiger partial charge in [0.25, 0.3) is 0 Å². The van der Waals surface area contributed by atoms with E-state index in [4.69, 9.17) is 0 Å². The minimum atomic E-state index is -4.59. The van der Waals surface area contributed by atoms with E-state index in [2.05, 4.69) is 26.1 Å². The van der Waals surface area contributed by atoms with Gasteiger partial charge >= 0.3 is 6.18 Å². The molecule has 26 heavy (non-hydrogen) atoms. The molecule has 0 radical (unpaired) electrons. The topological polar surface area (TPSA) is 96.0 Å². The lowest BCUT2D eigenvalue weighted by Crippen LogP contribution is -2.54. The Morgan fingerprint density at radius 3 is 2.58 bits per heavy atom. The van der Waals surface area contributed by atoms with Gasteiger partial charge in [-0.3, -0.25) is 14.9 Å². The van der Waals surface area contributed by atoms with E-state index in [9.17, 15) is 22.8 Å². The lowest BCUT2D eigenvalue weighted by atomic mass is 10.0. The monoisotopic (exact) mass is 389 g/mol. The van der Waals surface area contributed by atoms with Gasteiger partial charge in [0.1, 0.15) is 0 Å². The summed E-state index contributed by atoms with van der Waals surface area (Å²) < 4.78 is 37.4. The van der Waals surface area contributed by atoms with E-state index in [0.717, 1.165) is 32.2 Å². The number of nitrogens with one attached hydrogen (secondary N) is 3. The maximum atomic E-state index is 12.5. The largest absolute Gasteiger partial charge is 0.445 e. The number of halogens is 3. The van der Waals surface area contributed by atoms with Crippen LogP contribution in [0.5, 0.6) is 0 Å². The zero-order chi connectivity index (χ0) is 18.7. The molecule has 2 heterocycles. The molecular weight excluding hydrogens is 371 g/mol. The van der Waals surface area contributed by atoms with Crippen molar-refractivity contribution in [2.45, 2.75) is 43.9 Å². The van der Waals surface area contributed by atoms with Crippen molar-refractivity contribution in [1.29, 1.82) is 0 Å². The van der Waals surface area contributed by atoms with E-state index in [0.29, 0.717) is 5.92 Å². The molecule has 2 fully saturated rings. The first-order valence-corrected chi connectivity index (χ1v) is 9.06. The molecule has 2 amide bonds. The average molecular weight is 389 g/mol. The highest BCUT2D eigenvalue weighted by Gasteiger charge is 2.35. The Kier molecular flexibility index (Phi) is 5.56. The van der Waals surface area contributed by atoms with Gasteiger partial charge in [-0.2, -0.15) is 13.2 Å². The molecule has 1 aromatic heterocycles. The molecule has 7 nitrogen and oxygen atoms in total. The Morgan fingerprint density at radius 1 is 1.31 bits per heavy atom. The Bertz CT molecular complexity index is 698. The van der Waals surface area contributed by atoms with E-state index in [1.54, 1.807) is 6.08 Å². The predicted octanol–water partition coefficient (Wildman–Crippen LogP) is 1.70. The van der Waals surface area contributed by atoms with Crippen molar-refractivity contribution in [3.05, 3.63) is 17.2 Å². The molecule has 0 spiro atoms. The highest BCUT2D eigenvalue weighted by atomic mass is 32.1. The summed E-state index contributed by atoms with van der Waals surface area (Å²) in [5.41, 5.74) is 0. The lowest BCUT2D eigenvalue weighted by Gasteiger charge is -2.28. The van der Waals surface area contributed by atoms with Crippen molar-refractivity contribution >= 4 is 28.3 Å². The Labute approximate surface area is 151 Å². The number of nitrogens with zero attached hydrogens (tertiary/aromatic N) is 2. The third-order valence-corrected chi connectivity index (χ3v) is 5.01. The first-order chi connectivity index (χ1) is 12.3. The molecule has 3 rings (SSSR count). The standard InChI is InChI=1S/C15H18F3N5O2S/c16-15(17,18)13-22-23-14(26-13)21-11(24)4-3-9(7-8-1-2-8)20-12(25)10-5-6-19-10/h3-4,8-10,19H,1-2,5-7H2,(H,20,25)(H,21,23,24). The van der Waals surface area contributed by atoms with Crippen LogP contribution in [0.15, 0.2) is 12.2 Å². The van der Waals surface area contributed by atoms with Crippen LogP contribution in [0.3, 0.4) is 0 Å². The van der Waals surface area contributed by atoms with Gasteiger partial charge in [-0.25, -0.2) is 0 Å². The third kappa shape index (κ3) is 5.24. The van der Waals surface area contributed by atoms with Crippen molar-refractivity contribution in [2.24, 2.45) is 5.92 Å². The zero-order valence-corrected chi connectivity index (χ0v) is 14.5. The summed E-state index contributed by atoms with van der Waals surface area (Å²) in [5, 5.41) is 13.1. The molecule has 0 aromatic carbocycles. The number of aromatic nitrogens is 2. The molecule has 1 saturated carbocycles. The molecule has 11 heteroatoms. The minimum Gasteiger partial charge on any atom is -0.349 e. The SMILES string of the molecule is O=C(C=CC(CC1CC1)NC(=O)C1CCN1)Nc1nnc(C(F)(F)F)s1. The molecule has 1 aliphatic heterocycles. The van der Waals surface area contributed by atoms with Crippen LogP contribution in [0, 0.1) is 5.92 Å². The first kappa shape index (κ1) is 18.8. The quantitative estimate of drug-likeness (QED) is 0.617. The number of rotatable bonds is 7. The van der Waals surface area contributed by atoms with Gasteiger partial charge in [-0.15, -0.1) is 10.2 Å². The molecule has 1 aliphatic carbocycles. The second-order valence-electron chi connectivity index (χ2n) is 6.35. The summed E-state index contributed by atoms with van der Waals surface area (Å²) in [6.07, 6.45) is 1.89. The summed E-state index contributed by atoms with van der Waals surface area (Å²) >= 11 is 0.257. The molecule has 2 unspecified atom stereocenters. The van der Waals surface area contributed by atoms with Crippen LogP contribution < -0.4 is 16.0 Å². The van der Waals surface area contributed by atoms with Crippen LogP contribution in [0.1, 0.15) is 30.7 Å². The molecule has 1 aromatic rings. The van der Waals surface area contributed by atoms with Crippen LogP contribution in [-0.2, 0) is 15.8 Å². The summed E-state index contributed by atoms with van der Waals surface area (Å²) in [6, 6.07) is -0.482. The molecule has 1 saturated heterocycles. The highest BCUT2D eigenvalue weighted by Crippen LogP contribution is 2.34. The summed E-state index contributed by atoms with van der Waals surface area (Å²) in [4.78, 5) is 23.9. The number of carbonyl (C=O) groups excluding carboxylic acids is 2. The van der Waals surface area contributed by atoms with Crippen LogP contribution in [0.2, 0.25) is 0 Å². The van der Waals surface area contributed by atoms with Gasteiger partial charge in [0.05, 0.1) is 6.04 Å². The van der Waals surface area contributed by atoms with Crippen molar-refractivity contribution in [1.82, 2.24) is 20.8 Å². The van der Waals surface area contributed by atoms with Crippen molar-refractivity contribution in [2.75, 3.05) is 11.9 Å². The molecular formula is C15H18F3N5O2S. The summed E-state index contributed by atoms with van der Waals surface area (Å²) in [7, 11) is 0. The Balaban J connectivity index is 1.54. The molecule has 2 aliphatic rings. The van der Waals surface area contributed by atoms with E-state index in [-0.39, 0.29) is 34.5 Å². The van der Waals surface area contributed by atoms with Crippen LogP contribution >= 0.6 is 11.3 Å². The van der Waals surface area contributed by atoms with E-state index in [1.807, 2.05) is 0 Å². The third-order valence-electron chi connectivity index (χ3n) is 4.13. The fourth-order valence-electron chi connectivity index (χ4n) is 2.43. The second kappa shape index (κ2) is 7.70. The predicted molar refractivity (Wildman–Crippen MR) is 88.4 cm³/mol. The van der Waals surface area contributed by atoms with Crippen LogP contribution in [0.4, 0.5) is 18.3 Å². The number of hydrogen-bond donors (Lipinski definition) is 3. The fourth-order valence-corrected chi connectivity index (χ4v) is 3.05. The summed E-state index contributed by atoms with van der Waals surface area (Å²) in [5.74, 6) is -0.197. The van der Waals surface area contributed by atoms with Gasteiger partial charge in [-0.1, -0.05) is 30.3 Å². The van der Waals surface area contributed by atoms with Crippen molar-refractivity contribution < 1.29 is 22.8 Å². The van der Waals surface area contributed by atoms with Crippen LogP contribution in [0.25, 0.3) is 0 Å². The molecule has 2 atom stereocenters. The summed E-state index contributed by atoms with van der Waals surface area (Å²) in [6.45, 7) is 0.811.